The molecule has 0 spiro atoms. The van der Waals surface area contributed by atoms with Crippen molar-refractivity contribution in [3.8, 4) is 5.69 Å². The lowest BCUT2D eigenvalue weighted by Crippen LogP contribution is -2.34. The Kier molecular flexibility index (Phi) is 4.66. The van der Waals surface area contributed by atoms with Crippen molar-refractivity contribution >= 4 is 33.5 Å². The molecule has 4 heterocycles. The van der Waals surface area contributed by atoms with Crippen LogP contribution in [-0.2, 0) is 4.74 Å². The number of morpholine rings is 1. The Hall–Kier alpha value is -2.95. The molecule has 1 saturated heterocycles. The molecule has 1 atom stereocenters. The predicted octanol–water partition coefficient (Wildman–Crippen LogP) is 3.56. The van der Waals surface area contributed by atoms with Crippen LogP contribution in [0.4, 0.5) is 19.9 Å². The Bertz CT molecular complexity index is 1130. The van der Waals surface area contributed by atoms with E-state index in [1.54, 1.807) is 29.2 Å². The van der Waals surface area contributed by atoms with Crippen molar-refractivity contribution in [3.63, 3.8) is 0 Å². The van der Waals surface area contributed by atoms with Gasteiger partial charge in [0.05, 0.1) is 17.9 Å². The van der Waals surface area contributed by atoms with Gasteiger partial charge in [0.1, 0.15) is 23.4 Å². The summed E-state index contributed by atoms with van der Waals surface area (Å²) < 4.78 is 36.7. The molecule has 0 bridgehead atoms. The van der Waals surface area contributed by atoms with Crippen LogP contribution in [0.3, 0.4) is 0 Å². The van der Waals surface area contributed by atoms with Crippen molar-refractivity contribution in [3.05, 3.63) is 59.4 Å². The fraction of sp³-hybridized carbons (Fsp3) is 0.211. The normalized spacial score (nSPS) is 17.0. The van der Waals surface area contributed by atoms with E-state index in [4.69, 9.17) is 4.74 Å². The molecule has 0 radical (unpaired) electrons. The number of anilines is 2. The quantitative estimate of drug-likeness (QED) is 0.532. The first-order valence-electron chi connectivity index (χ1n) is 9.01. The van der Waals surface area contributed by atoms with Gasteiger partial charge in [-0.1, -0.05) is 0 Å². The van der Waals surface area contributed by atoms with Gasteiger partial charge < -0.3 is 14.6 Å². The highest BCUT2D eigenvalue weighted by Crippen LogP contribution is 2.29. The Morgan fingerprint density at radius 2 is 2.10 bits per heavy atom. The molecule has 1 unspecified atom stereocenters. The van der Waals surface area contributed by atoms with Gasteiger partial charge in [-0.05, 0) is 18.2 Å². The number of rotatable bonds is 4. The highest BCUT2D eigenvalue weighted by molar-refractivity contribution is 7.13. The number of nitrogens with zero attached hydrogens (tertiary/aromatic N) is 4. The largest absolute Gasteiger partial charge is 0.371 e. The average Bonchev–Trinajstić information content (AvgIpc) is 3.38. The molecule has 2 N–H and O–H groups in total. The fourth-order valence-electron chi connectivity index (χ4n) is 3.34. The number of benzene rings is 1. The number of fused-ring (bicyclic) bond motifs is 1. The Labute approximate surface area is 168 Å². The summed E-state index contributed by atoms with van der Waals surface area (Å²) in [6.45, 7) is 1.46. The third-order valence-electron chi connectivity index (χ3n) is 4.67. The van der Waals surface area contributed by atoms with E-state index in [0.29, 0.717) is 42.1 Å². The van der Waals surface area contributed by atoms with Crippen LogP contribution < -0.4 is 10.6 Å². The van der Waals surface area contributed by atoms with Gasteiger partial charge in [-0.2, -0.15) is 4.98 Å². The van der Waals surface area contributed by atoms with Gasteiger partial charge in [-0.25, -0.2) is 18.7 Å². The molecule has 1 aliphatic heterocycles. The van der Waals surface area contributed by atoms with E-state index in [1.807, 2.05) is 5.38 Å². The third-order valence-corrected chi connectivity index (χ3v) is 5.36. The lowest BCUT2D eigenvalue weighted by molar-refractivity contribution is 0.0232. The van der Waals surface area contributed by atoms with Crippen LogP contribution in [0.5, 0.6) is 0 Å². The number of hydrogen-bond acceptors (Lipinski definition) is 7. The number of nitrogens with one attached hydrogen (secondary N) is 2. The second-order valence-corrected chi connectivity index (χ2v) is 7.40. The van der Waals surface area contributed by atoms with Gasteiger partial charge in [-0.15, -0.1) is 11.3 Å². The molecule has 29 heavy (non-hydrogen) atoms. The lowest BCUT2D eigenvalue weighted by Gasteiger charge is -2.25. The van der Waals surface area contributed by atoms with Crippen molar-refractivity contribution in [1.29, 1.82) is 0 Å². The van der Waals surface area contributed by atoms with Crippen LogP contribution in [0, 0.1) is 11.6 Å². The highest BCUT2D eigenvalue weighted by atomic mass is 32.1. The molecule has 1 fully saturated rings. The van der Waals surface area contributed by atoms with Crippen LogP contribution in [0.15, 0.2) is 42.2 Å². The monoisotopic (exact) mass is 414 g/mol. The molecule has 0 amide bonds. The van der Waals surface area contributed by atoms with E-state index in [0.717, 1.165) is 5.39 Å². The molecule has 7 nitrogen and oxygen atoms in total. The molecule has 4 aromatic rings. The zero-order valence-corrected chi connectivity index (χ0v) is 15.9. The third kappa shape index (κ3) is 3.46. The topological polar surface area (TPSA) is 76.9 Å². The molecule has 148 valence electrons. The number of aromatic nitrogens is 4. The van der Waals surface area contributed by atoms with E-state index in [9.17, 15) is 8.78 Å². The molecule has 1 aromatic carbocycles. The standard InChI is InChI=1S/C19H16F2N6OS/c20-13-7-12(8-14(21)16(13)15-10-22-2-5-28-15)27-4-1-11-9-24-18(25-17(11)27)26-19-23-3-6-29-19/h1,3-4,6-9,15,22H,2,5,10H2,(H,23,24,25,26). The van der Waals surface area contributed by atoms with Gasteiger partial charge in [0, 0.05) is 42.4 Å². The molecular weight excluding hydrogens is 398 g/mol. The van der Waals surface area contributed by atoms with Crippen LogP contribution in [0.1, 0.15) is 11.7 Å². The minimum Gasteiger partial charge on any atom is -0.371 e. The minimum atomic E-state index is -0.647. The van der Waals surface area contributed by atoms with Crippen molar-refractivity contribution in [2.45, 2.75) is 6.10 Å². The first-order chi connectivity index (χ1) is 14.2. The summed E-state index contributed by atoms with van der Waals surface area (Å²) >= 11 is 1.42. The van der Waals surface area contributed by atoms with Crippen molar-refractivity contribution in [1.82, 2.24) is 24.8 Å². The smallest absolute Gasteiger partial charge is 0.231 e. The van der Waals surface area contributed by atoms with Crippen molar-refractivity contribution in [2.75, 3.05) is 25.0 Å². The Morgan fingerprint density at radius 1 is 1.24 bits per heavy atom. The maximum absolute atomic E-state index is 14.8. The van der Waals surface area contributed by atoms with Gasteiger partial charge in [0.15, 0.2) is 5.13 Å². The molecule has 1 aliphatic rings. The molecule has 5 rings (SSSR count). The van der Waals surface area contributed by atoms with E-state index in [1.165, 1.54) is 23.5 Å². The minimum absolute atomic E-state index is 0.0573. The average molecular weight is 414 g/mol. The van der Waals surface area contributed by atoms with Crippen molar-refractivity contribution in [2.24, 2.45) is 0 Å². The van der Waals surface area contributed by atoms with Crippen molar-refractivity contribution < 1.29 is 13.5 Å². The van der Waals surface area contributed by atoms with Gasteiger partial charge in [0.2, 0.25) is 5.95 Å². The molecule has 3 aromatic heterocycles. The summed E-state index contributed by atoms with van der Waals surface area (Å²) in [5, 5.41) is 9.35. The SMILES string of the molecule is Fc1cc(-n2ccc3cnc(Nc4nccs4)nc32)cc(F)c1C1CNCCO1. The number of ether oxygens (including phenoxy) is 1. The maximum Gasteiger partial charge on any atom is 0.231 e. The van der Waals surface area contributed by atoms with E-state index >= 15 is 0 Å². The Morgan fingerprint density at radius 3 is 2.83 bits per heavy atom. The van der Waals surface area contributed by atoms with E-state index in [2.05, 4.69) is 25.6 Å². The van der Waals surface area contributed by atoms with Gasteiger partial charge in [-0.3, -0.25) is 5.32 Å². The summed E-state index contributed by atoms with van der Waals surface area (Å²) in [7, 11) is 0. The van der Waals surface area contributed by atoms with Crippen LogP contribution in [0.25, 0.3) is 16.7 Å². The summed E-state index contributed by atoms with van der Waals surface area (Å²) in [4.78, 5) is 12.9. The highest BCUT2D eigenvalue weighted by Gasteiger charge is 2.24. The van der Waals surface area contributed by atoms with Crippen LogP contribution in [0.2, 0.25) is 0 Å². The second kappa shape index (κ2) is 7.47. The molecule has 0 saturated carbocycles. The van der Waals surface area contributed by atoms with Gasteiger partial charge in [0.25, 0.3) is 0 Å². The van der Waals surface area contributed by atoms with E-state index in [-0.39, 0.29) is 5.56 Å². The Balaban J connectivity index is 1.53. The summed E-state index contributed by atoms with van der Waals surface area (Å²) in [5.41, 5.74) is 0.806. The first kappa shape index (κ1) is 18.1. The number of halogens is 2. The zero-order valence-electron chi connectivity index (χ0n) is 15.1. The lowest BCUT2D eigenvalue weighted by atomic mass is 10.1. The number of hydrogen-bond donors (Lipinski definition) is 2. The predicted molar refractivity (Wildman–Crippen MR) is 106 cm³/mol. The summed E-state index contributed by atoms with van der Waals surface area (Å²) in [6.07, 6.45) is 4.39. The molecule has 0 aliphatic carbocycles. The maximum atomic E-state index is 14.8. The van der Waals surface area contributed by atoms with Crippen LogP contribution >= 0.6 is 11.3 Å². The second-order valence-electron chi connectivity index (χ2n) is 6.51. The first-order valence-corrected chi connectivity index (χ1v) is 9.89. The van der Waals surface area contributed by atoms with Gasteiger partial charge >= 0.3 is 0 Å². The molecular formula is C19H16F2N6OS. The summed E-state index contributed by atoms with van der Waals surface area (Å²) in [6, 6.07) is 4.39. The zero-order chi connectivity index (χ0) is 19.8. The molecule has 10 heteroatoms. The number of thiazole rings is 1. The summed E-state index contributed by atoms with van der Waals surface area (Å²) in [5.74, 6) is -0.942. The van der Waals surface area contributed by atoms with Crippen LogP contribution in [-0.4, -0.2) is 39.2 Å². The van der Waals surface area contributed by atoms with E-state index < -0.39 is 17.7 Å². The fourth-order valence-corrected chi connectivity index (χ4v) is 3.86.